The van der Waals surface area contributed by atoms with Gasteiger partial charge in [0.25, 0.3) is 0 Å². The second kappa shape index (κ2) is 11.6. The molecule has 0 aliphatic rings. The molecule has 0 atom stereocenters. The summed E-state index contributed by atoms with van der Waals surface area (Å²) in [5, 5.41) is 0. The molecule has 0 bridgehead atoms. The first-order valence-electron chi connectivity index (χ1n) is 5.16. The van der Waals surface area contributed by atoms with Gasteiger partial charge in [-0.2, -0.15) is 0 Å². The molecule has 7 heteroatoms. The van der Waals surface area contributed by atoms with E-state index in [0.717, 1.165) is 0 Å². The molecule has 0 saturated heterocycles. The van der Waals surface area contributed by atoms with Crippen LogP contribution < -0.4 is 0 Å². The van der Waals surface area contributed by atoms with Gasteiger partial charge in [-0.3, -0.25) is 19.2 Å². The maximum absolute atomic E-state index is 10.4. The summed E-state index contributed by atoms with van der Waals surface area (Å²) in [6, 6.07) is 0. The number of esters is 3. The van der Waals surface area contributed by atoms with Crippen molar-refractivity contribution in [2.75, 3.05) is 20.8 Å². The van der Waals surface area contributed by atoms with Gasteiger partial charge in [0.1, 0.15) is 18.6 Å². The van der Waals surface area contributed by atoms with Crippen LogP contribution in [0.15, 0.2) is 0 Å². The zero-order chi connectivity index (χ0) is 14.6. The van der Waals surface area contributed by atoms with Crippen LogP contribution in [0, 0.1) is 0 Å². The lowest BCUT2D eigenvalue weighted by Gasteiger charge is -1.96. The summed E-state index contributed by atoms with van der Waals surface area (Å²) >= 11 is 0. The molecule has 0 radical (unpaired) electrons. The molecule has 0 spiro atoms. The number of Topliss-reactive ketones (excluding diaryl/α,β-unsaturated/α-hetero) is 1. The van der Waals surface area contributed by atoms with Crippen LogP contribution in [0.2, 0.25) is 0 Å². The van der Waals surface area contributed by atoms with Crippen molar-refractivity contribution >= 4 is 23.7 Å². The Hall–Kier alpha value is -1.92. The van der Waals surface area contributed by atoms with E-state index in [1.807, 2.05) is 0 Å². The van der Waals surface area contributed by atoms with Gasteiger partial charge < -0.3 is 14.2 Å². The van der Waals surface area contributed by atoms with Crippen molar-refractivity contribution < 1.29 is 33.4 Å². The lowest BCUT2D eigenvalue weighted by atomic mass is 10.3. The van der Waals surface area contributed by atoms with Crippen LogP contribution in [0.1, 0.15) is 26.7 Å². The van der Waals surface area contributed by atoms with Crippen molar-refractivity contribution in [1.29, 1.82) is 0 Å². The van der Waals surface area contributed by atoms with Crippen LogP contribution >= 0.6 is 0 Å². The number of methoxy groups -OCH3 is 2. The first-order valence-corrected chi connectivity index (χ1v) is 5.16. The average Bonchev–Trinajstić information content (AvgIpc) is 2.28. The minimum Gasteiger partial charge on any atom is -0.469 e. The summed E-state index contributed by atoms with van der Waals surface area (Å²) in [5.41, 5.74) is 0. The molecule has 0 rings (SSSR count). The predicted molar refractivity (Wildman–Crippen MR) is 60.6 cm³/mol. The van der Waals surface area contributed by atoms with E-state index < -0.39 is 17.9 Å². The molecule has 0 N–H and O–H groups in total. The van der Waals surface area contributed by atoms with Crippen molar-refractivity contribution in [1.82, 2.24) is 0 Å². The van der Waals surface area contributed by atoms with E-state index >= 15 is 0 Å². The molecular weight excluding hydrogens is 244 g/mol. The van der Waals surface area contributed by atoms with Gasteiger partial charge in [-0.25, -0.2) is 0 Å². The minimum atomic E-state index is -0.582. The quantitative estimate of drug-likeness (QED) is 0.398. The summed E-state index contributed by atoms with van der Waals surface area (Å²) in [4.78, 5) is 41.2. The van der Waals surface area contributed by atoms with Crippen LogP contribution in [0.4, 0.5) is 0 Å². The lowest BCUT2D eigenvalue weighted by molar-refractivity contribution is -0.151. The molecule has 0 aliphatic carbocycles. The normalized spacial score (nSPS) is 8.44. The molecule has 18 heavy (non-hydrogen) atoms. The maximum Gasteiger partial charge on any atom is 0.316 e. The molecule has 0 heterocycles. The standard InChI is InChI=1S/C6H10O3.C5H8O4/c1-3-9-6(8)4-5(2)7;1-8-4(6)3-5(7)9-2/h3-4H2,1-2H3;3H2,1-2H3. The van der Waals surface area contributed by atoms with E-state index in [4.69, 9.17) is 0 Å². The molecule has 0 aromatic carbocycles. The monoisotopic (exact) mass is 262 g/mol. The van der Waals surface area contributed by atoms with Crippen molar-refractivity contribution in [3.05, 3.63) is 0 Å². The first-order chi connectivity index (χ1) is 8.37. The van der Waals surface area contributed by atoms with E-state index in [1.165, 1.54) is 21.1 Å². The third-order valence-corrected chi connectivity index (χ3v) is 1.44. The molecule has 0 unspecified atom stereocenters. The second-order valence-electron chi connectivity index (χ2n) is 3.01. The van der Waals surface area contributed by atoms with E-state index in [9.17, 15) is 19.2 Å². The summed E-state index contributed by atoms with van der Waals surface area (Å²) in [7, 11) is 2.43. The number of carbonyl (C=O) groups excluding carboxylic acids is 4. The van der Waals surface area contributed by atoms with Crippen molar-refractivity contribution in [3.63, 3.8) is 0 Å². The maximum atomic E-state index is 10.4. The van der Waals surface area contributed by atoms with Gasteiger partial charge >= 0.3 is 17.9 Å². The van der Waals surface area contributed by atoms with Gasteiger partial charge in [-0.05, 0) is 13.8 Å². The van der Waals surface area contributed by atoms with Gasteiger partial charge in [-0.15, -0.1) is 0 Å². The Bertz CT molecular complexity index is 282. The second-order valence-corrected chi connectivity index (χ2v) is 3.01. The van der Waals surface area contributed by atoms with Gasteiger partial charge in [-0.1, -0.05) is 0 Å². The van der Waals surface area contributed by atoms with Gasteiger partial charge in [0.15, 0.2) is 0 Å². The first kappa shape index (κ1) is 18.4. The number of hydrogen-bond acceptors (Lipinski definition) is 7. The zero-order valence-corrected chi connectivity index (χ0v) is 11.0. The van der Waals surface area contributed by atoms with Crippen LogP contribution in [-0.2, 0) is 33.4 Å². The fraction of sp³-hybridized carbons (Fsp3) is 0.636. The van der Waals surface area contributed by atoms with E-state index in [2.05, 4.69) is 14.2 Å². The van der Waals surface area contributed by atoms with Crippen LogP contribution in [-0.4, -0.2) is 44.5 Å². The highest BCUT2D eigenvalue weighted by atomic mass is 16.5. The van der Waals surface area contributed by atoms with Crippen molar-refractivity contribution in [2.45, 2.75) is 26.7 Å². The van der Waals surface area contributed by atoms with E-state index in [0.29, 0.717) is 6.61 Å². The molecule has 0 aromatic heterocycles. The molecule has 0 aliphatic heterocycles. The fourth-order valence-electron chi connectivity index (χ4n) is 0.677. The van der Waals surface area contributed by atoms with E-state index in [-0.39, 0.29) is 18.6 Å². The molecule has 0 saturated carbocycles. The van der Waals surface area contributed by atoms with Gasteiger partial charge in [0, 0.05) is 0 Å². The molecule has 7 nitrogen and oxygen atoms in total. The number of ether oxygens (including phenoxy) is 3. The minimum absolute atomic E-state index is 0.103. The van der Waals surface area contributed by atoms with Gasteiger partial charge in [0.2, 0.25) is 0 Å². The molecule has 0 fully saturated rings. The van der Waals surface area contributed by atoms with E-state index in [1.54, 1.807) is 6.92 Å². The van der Waals surface area contributed by atoms with Crippen molar-refractivity contribution in [3.8, 4) is 0 Å². The number of hydrogen-bond donors (Lipinski definition) is 0. The average molecular weight is 262 g/mol. The topological polar surface area (TPSA) is 96.0 Å². The third kappa shape index (κ3) is 14.1. The SMILES string of the molecule is CCOC(=O)CC(C)=O.COC(=O)CC(=O)OC. The molecule has 0 aromatic rings. The van der Waals surface area contributed by atoms with Gasteiger partial charge in [0.05, 0.1) is 20.8 Å². The Morgan fingerprint density at radius 3 is 1.56 bits per heavy atom. The number of ketones is 1. The highest BCUT2D eigenvalue weighted by molar-refractivity contribution is 5.94. The smallest absolute Gasteiger partial charge is 0.316 e. The number of rotatable bonds is 5. The third-order valence-electron chi connectivity index (χ3n) is 1.44. The Kier molecular flexibility index (Phi) is 11.8. The van der Waals surface area contributed by atoms with Crippen LogP contribution in [0.3, 0.4) is 0 Å². The Balaban J connectivity index is 0. The Morgan fingerprint density at radius 2 is 1.28 bits per heavy atom. The summed E-state index contributed by atoms with van der Waals surface area (Å²) < 4.78 is 12.9. The summed E-state index contributed by atoms with van der Waals surface area (Å²) in [6.45, 7) is 3.40. The highest BCUT2D eigenvalue weighted by Gasteiger charge is 2.07. The van der Waals surface area contributed by atoms with Crippen LogP contribution in [0.25, 0.3) is 0 Å². The summed E-state index contributed by atoms with van der Waals surface area (Å²) in [5.74, 6) is -1.76. The van der Waals surface area contributed by atoms with Crippen LogP contribution in [0.5, 0.6) is 0 Å². The number of carbonyl (C=O) groups is 4. The Morgan fingerprint density at radius 1 is 0.833 bits per heavy atom. The van der Waals surface area contributed by atoms with Crippen molar-refractivity contribution in [2.24, 2.45) is 0 Å². The largest absolute Gasteiger partial charge is 0.469 e. The predicted octanol–water partition coefficient (Wildman–Crippen LogP) is 0.251. The summed E-state index contributed by atoms with van der Waals surface area (Å²) in [6.07, 6.45) is -0.416. The zero-order valence-electron chi connectivity index (χ0n) is 11.0. The Labute approximate surface area is 105 Å². The lowest BCUT2D eigenvalue weighted by Crippen LogP contribution is -2.09. The fourth-order valence-corrected chi connectivity index (χ4v) is 0.677. The molecule has 104 valence electrons. The highest BCUT2D eigenvalue weighted by Crippen LogP contribution is 1.86. The molecule has 0 amide bonds. The molecular formula is C11H18O7.